The van der Waals surface area contributed by atoms with Crippen LogP contribution in [0.5, 0.6) is 0 Å². The standard InChI is InChI=1S/C9H8F3NO/c1-6-4-7(9(10,11)12)5-13-8(6)2-3-14/h3-5H,2H2,1H3. The van der Waals surface area contributed by atoms with Crippen LogP contribution in [0.15, 0.2) is 12.3 Å². The Balaban J connectivity index is 3.06. The number of carbonyl (C=O) groups excluding carboxylic acids is 1. The number of aryl methyl sites for hydroxylation is 1. The maximum absolute atomic E-state index is 12.2. The molecular weight excluding hydrogens is 195 g/mol. The third-order valence-electron chi connectivity index (χ3n) is 1.79. The first-order valence-corrected chi connectivity index (χ1v) is 3.91. The zero-order chi connectivity index (χ0) is 10.8. The van der Waals surface area contributed by atoms with Crippen LogP contribution in [0, 0.1) is 6.92 Å². The Morgan fingerprint density at radius 2 is 2.14 bits per heavy atom. The van der Waals surface area contributed by atoms with E-state index >= 15 is 0 Å². The highest BCUT2D eigenvalue weighted by molar-refractivity contribution is 5.54. The highest BCUT2D eigenvalue weighted by Crippen LogP contribution is 2.29. The van der Waals surface area contributed by atoms with Crippen molar-refractivity contribution >= 4 is 6.29 Å². The lowest BCUT2D eigenvalue weighted by Gasteiger charge is -2.08. The lowest BCUT2D eigenvalue weighted by molar-refractivity contribution is -0.137. The van der Waals surface area contributed by atoms with Gasteiger partial charge in [0.05, 0.1) is 11.3 Å². The molecule has 14 heavy (non-hydrogen) atoms. The van der Waals surface area contributed by atoms with E-state index < -0.39 is 11.7 Å². The van der Waals surface area contributed by atoms with Crippen molar-refractivity contribution in [1.82, 2.24) is 4.98 Å². The quantitative estimate of drug-likeness (QED) is 0.689. The molecule has 0 spiro atoms. The number of aldehydes is 1. The molecule has 0 radical (unpaired) electrons. The summed E-state index contributed by atoms with van der Waals surface area (Å²) in [5.41, 5.74) is -0.0235. The van der Waals surface area contributed by atoms with Crippen molar-refractivity contribution in [2.24, 2.45) is 0 Å². The predicted octanol–water partition coefficient (Wildman–Crippen LogP) is 2.15. The van der Waals surface area contributed by atoms with E-state index in [-0.39, 0.29) is 6.42 Å². The summed E-state index contributed by atoms with van der Waals surface area (Å²) in [5.74, 6) is 0. The van der Waals surface area contributed by atoms with Crippen molar-refractivity contribution in [1.29, 1.82) is 0 Å². The van der Waals surface area contributed by atoms with Gasteiger partial charge in [-0.2, -0.15) is 13.2 Å². The molecule has 1 rings (SSSR count). The first kappa shape index (κ1) is 10.7. The van der Waals surface area contributed by atoms with Crippen LogP contribution < -0.4 is 0 Å². The fraction of sp³-hybridized carbons (Fsp3) is 0.333. The molecule has 2 nitrogen and oxygen atoms in total. The molecule has 0 aliphatic carbocycles. The summed E-state index contributed by atoms with van der Waals surface area (Å²) < 4.78 is 36.5. The molecule has 0 aromatic carbocycles. The molecular formula is C9H8F3NO. The Kier molecular flexibility index (Phi) is 2.88. The molecule has 1 aromatic heterocycles. The van der Waals surface area contributed by atoms with Crippen molar-refractivity contribution in [2.45, 2.75) is 19.5 Å². The fourth-order valence-electron chi connectivity index (χ4n) is 1.05. The average Bonchev–Trinajstić information content (AvgIpc) is 2.07. The molecule has 1 heterocycles. The minimum atomic E-state index is -4.38. The molecule has 0 saturated heterocycles. The van der Waals surface area contributed by atoms with Gasteiger partial charge in [-0.25, -0.2) is 0 Å². The van der Waals surface area contributed by atoms with Crippen molar-refractivity contribution in [3.8, 4) is 0 Å². The van der Waals surface area contributed by atoms with E-state index in [9.17, 15) is 18.0 Å². The van der Waals surface area contributed by atoms with Gasteiger partial charge in [-0.05, 0) is 18.6 Å². The van der Waals surface area contributed by atoms with Gasteiger partial charge in [-0.15, -0.1) is 0 Å². The smallest absolute Gasteiger partial charge is 0.303 e. The van der Waals surface area contributed by atoms with Crippen LogP contribution in [0.3, 0.4) is 0 Å². The molecule has 5 heteroatoms. The van der Waals surface area contributed by atoms with E-state index in [1.165, 1.54) is 6.92 Å². The number of alkyl halides is 3. The third-order valence-corrected chi connectivity index (χ3v) is 1.79. The van der Waals surface area contributed by atoms with Gasteiger partial charge in [-0.1, -0.05) is 0 Å². The topological polar surface area (TPSA) is 30.0 Å². The summed E-state index contributed by atoms with van der Waals surface area (Å²) in [4.78, 5) is 13.7. The van der Waals surface area contributed by atoms with Gasteiger partial charge in [-0.3, -0.25) is 4.98 Å². The molecule has 0 atom stereocenters. The van der Waals surface area contributed by atoms with Crippen LogP contribution in [0.1, 0.15) is 16.8 Å². The van der Waals surface area contributed by atoms with Crippen LogP contribution in [0.2, 0.25) is 0 Å². The Morgan fingerprint density at radius 3 is 2.57 bits per heavy atom. The van der Waals surface area contributed by atoms with Gasteiger partial charge in [0.1, 0.15) is 6.29 Å². The maximum atomic E-state index is 12.2. The van der Waals surface area contributed by atoms with E-state index in [2.05, 4.69) is 4.98 Å². The van der Waals surface area contributed by atoms with Crippen LogP contribution in [-0.4, -0.2) is 11.3 Å². The minimum absolute atomic E-state index is 0.0456. The molecule has 1 aromatic rings. The lowest BCUT2D eigenvalue weighted by Crippen LogP contribution is -2.07. The number of rotatable bonds is 2. The fourth-order valence-corrected chi connectivity index (χ4v) is 1.05. The highest BCUT2D eigenvalue weighted by atomic mass is 19.4. The van der Waals surface area contributed by atoms with E-state index in [0.717, 1.165) is 12.3 Å². The second-order valence-corrected chi connectivity index (χ2v) is 2.86. The average molecular weight is 203 g/mol. The third kappa shape index (κ3) is 2.31. The number of aromatic nitrogens is 1. The first-order chi connectivity index (χ1) is 6.45. The van der Waals surface area contributed by atoms with Gasteiger partial charge in [0.15, 0.2) is 0 Å². The second-order valence-electron chi connectivity index (χ2n) is 2.86. The first-order valence-electron chi connectivity index (χ1n) is 3.91. The summed E-state index contributed by atoms with van der Waals surface area (Å²) in [6.07, 6.45) is -2.98. The number of carbonyl (C=O) groups is 1. The van der Waals surface area contributed by atoms with Gasteiger partial charge in [0, 0.05) is 12.6 Å². The SMILES string of the molecule is Cc1cc(C(F)(F)F)cnc1CC=O. The van der Waals surface area contributed by atoms with Gasteiger partial charge < -0.3 is 4.79 Å². The number of nitrogens with zero attached hydrogens (tertiary/aromatic N) is 1. The normalized spacial score (nSPS) is 11.4. The summed E-state index contributed by atoms with van der Waals surface area (Å²) in [6, 6.07) is 0.992. The number of pyridine rings is 1. The molecule has 76 valence electrons. The maximum Gasteiger partial charge on any atom is 0.417 e. The van der Waals surface area contributed by atoms with Crippen molar-refractivity contribution in [3.63, 3.8) is 0 Å². The monoisotopic (exact) mass is 203 g/mol. The molecule has 0 aliphatic heterocycles. The zero-order valence-corrected chi connectivity index (χ0v) is 7.43. The minimum Gasteiger partial charge on any atom is -0.303 e. The molecule has 0 fully saturated rings. The van der Waals surface area contributed by atoms with Crippen LogP contribution in [0.25, 0.3) is 0 Å². The number of hydrogen-bond acceptors (Lipinski definition) is 2. The van der Waals surface area contributed by atoms with Crippen LogP contribution in [0.4, 0.5) is 13.2 Å². The lowest BCUT2D eigenvalue weighted by atomic mass is 10.1. The molecule has 0 aliphatic rings. The largest absolute Gasteiger partial charge is 0.417 e. The summed E-state index contributed by atoms with van der Waals surface area (Å²) in [6.45, 7) is 1.50. The summed E-state index contributed by atoms with van der Waals surface area (Å²) in [5, 5.41) is 0. The van der Waals surface area contributed by atoms with Gasteiger partial charge in [0.25, 0.3) is 0 Å². The Hall–Kier alpha value is -1.39. The number of hydrogen-bond donors (Lipinski definition) is 0. The van der Waals surface area contributed by atoms with E-state index in [0.29, 0.717) is 17.5 Å². The van der Waals surface area contributed by atoms with Gasteiger partial charge >= 0.3 is 6.18 Å². The number of halogens is 3. The van der Waals surface area contributed by atoms with E-state index in [1.54, 1.807) is 0 Å². The van der Waals surface area contributed by atoms with Gasteiger partial charge in [0.2, 0.25) is 0 Å². The van der Waals surface area contributed by atoms with Crippen molar-refractivity contribution in [2.75, 3.05) is 0 Å². The highest BCUT2D eigenvalue weighted by Gasteiger charge is 2.31. The van der Waals surface area contributed by atoms with Crippen molar-refractivity contribution < 1.29 is 18.0 Å². The molecule has 0 N–H and O–H groups in total. The van der Waals surface area contributed by atoms with E-state index in [1.807, 2.05) is 0 Å². The Morgan fingerprint density at radius 1 is 1.50 bits per heavy atom. The van der Waals surface area contributed by atoms with E-state index in [4.69, 9.17) is 0 Å². The zero-order valence-electron chi connectivity index (χ0n) is 7.43. The van der Waals surface area contributed by atoms with Crippen molar-refractivity contribution in [3.05, 3.63) is 29.1 Å². The second kappa shape index (κ2) is 3.77. The predicted molar refractivity (Wildman–Crippen MR) is 43.7 cm³/mol. The molecule has 0 unspecified atom stereocenters. The molecule has 0 amide bonds. The molecule has 0 bridgehead atoms. The molecule has 0 saturated carbocycles. The summed E-state index contributed by atoms with van der Waals surface area (Å²) >= 11 is 0. The van der Waals surface area contributed by atoms with Crippen LogP contribution >= 0.6 is 0 Å². The Bertz CT molecular complexity index is 346. The Labute approximate surface area is 78.8 Å². The summed E-state index contributed by atoms with van der Waals surface area (Å²) in [7, 11) is 0. The van der Waals surface area contributed by atoms with Crippen LogP contribution in [-0.2, 0) is 17.4 Å².